The molecule has 2 aliphatic carbocycles. The van der Waals surface area contributed by atoms with Gasteiger partial charge in [-0.25, -0.2) is 4.79 Å². The van der Waals surface area contributed by atoms with E-state index in [0.29, 0.717) is 23.8 Å². The van der Waals surface area contributed by atoms with Gasteiger partial charge in [-0.15, -0.1) is 0 Å². The van der Waals surface area contributed by atoms with Gasteiger partial charge < -0.3 is 9.47 Å². The largest absolute Gasteiger partial charge is 0.462 e. The minimum Gasteiger partial charge on any atom is -0.462 e. The number of esters is 2. The fourth-order valence-electron chi connectivity index (χ4n) is 5.34. The van der Waals surface area contributed by atoms with E-state index in [2.05, 4.69) is 13.5 Å². The molecule has 1 aliphatic heterocycles. The highest BCUT2D eigenvalue weighted by Crippen LogP contribution is 2.57. The average Bonchev–Trinajstić information content (AvgIpc) is 2.86. The third-order valence-electron chi connectivity index (χ3n) is 6.74. The fourth-order valence-corrected chi connectivity index (χ4v) is 5.34. The maximum Gasteiger partial charge on any atom is 0.338 e. The summed E-state index contributed by atoms with van der Waals surface area (Å²) in [6.45, 7) is 8.53. The van der Waals surface area contributed by atoms with E-state index in [1.165, 1.54) is 0 Å². The van der Waals surface area contributed by atoms with E-state index in [-0.39, 0.29) is 35.5 Å². The summed E-state index contributed by atoms with van der Waals surface area (Å²) in [7, 11) is 0. The minimum absolute atomic E-state index is 0.00451. The highest BCUT2D eigenvalue weighted by Gasteiger charge is 2.55. The monoisotopic (exact) mass is 354 g/mol. The molecule has 0 radical (unpaired) electrons. The van der Waals surface area contributed by atoms with Gasteiger partial charge in [0.25, 0.3) is 0 Å². The molecule has 0 N–H and O–H groups in total. The van der Waals surface area contributed by atoms with E-state index in [0.717, 1.165) is 24.8 Å². The van der Waals surface area contributed by atoms with Crippen LogP contribution in [0.4, 0.5) is 0 Å². The van der Waals surface area contributed by atoms with Crippen molar-refractivity contribution in [1.82, 2.24) is 0 Å². The first-order valence-corrected chi connectivity index (χ1v) is 9.51. The van der Waals surface area contributed by atoms with Crippen molar-refractivity contribution < 1.29 is 19.1 Å². The Morgan fingerprint density at radius 1 is 1.27 bits per heavy atom. The zero-order valence-electron chi connectivity index (χ0n) is 15.4. The Kier molecular flexibility index (Phi) is 4.17. The Hall–Kier alpha value is -2.10. The molecule has 3 fully saturated rings. The number of ether oxygens (including phenoxy) is 2. The third-order valence-corrected chi connectivity index (χ3v) is 6.74. The molecule has 6 atom stereocenters. The van der Waals surface area contributed by atoms with Crippen LogP contribution in [0, 0.1) is 23.2 Å². The molecule has 4 heteroatoms. The van der Waals surface area contributed by atoms with Crippen LogP contribution in [0.25, 0.3) is 0 Å². The van der Waals surface area contributed by atoms with E-state index in [1.807, 2.05) is 25.1 Å². The number of fused-ring (bicyclic) bond motifs is 2. The topological polar surface area (TPSA) is 52.6 Å². The van der Waals surface area contributed by atoms with Crippen molar-refractivity contribution in [3.63, 3.8) is 0 Å². The SMILES string of the molecule is C=C1C[C@H](OC(=O)c2ccccc2)C[C@]2(C)C[C@H]3OC(=O)C(C)[C@H]3CC12. The Balaban J connectivity index is 1.49. The lowest BCUT2D eigenvalue weighted by molar-refractivity contribution is -0.146. The van der Waals surface area contributed by atoms with E-state index in [9.17, 15) is 9.59 Å². The summed E-state index contributed by atoms with van der Waals surface area (Å²) in [6.07, 6.45) is 3.12. The van der Waals surface area contributed by atoms with E-state index in [4.69, 9.17) is 9.47 Å². The van der Waals surface area contributed by atoms with Crippen LogP contribution in [0.15, 0.2) is 42.5 Å². The molecule has 0 bridgehead atoms. The second-order valence-corrected chi connectivity index (χ2v) is 8.53. The predicted molar refractivity (Wildman–Crippen MR) is 97.4 cm³/mol. The Labute approximate surface area is 154 Å². The van der Waals surface area contributed by atoms with Gasteiger partial charge in [-0.1, -0.05) is 44.2 Å². The van der Waals surface area contributed by atoms with Crippen LogP contribution in [0.1, 0.15) is 49.9 Å². The van der Waals surface area contributed by atoms with Crippen LogP contribution in [-0.4, -0.2) is 24.1 Å². The van der Waals surface area contributed by atoms with Crippen molar-refractivity contribution in [2.75, 3.05) is 0 Å². The van der Waals surface area contributed by atoms with Crippen LogP contribution >= 0.6 is 0 Å². The van der Waals surface area contributed by atoms with Crippen molar-refractivity contribution in [3.05, 3.63) is 48.0 Å². The quantitative estimate of drug-likeness (QED) is 0.591. The molecule has 138 valence electrons. The van der Waals surface area contributed by atoms with Crippen LogP contribution < -0.4 is 0 Å². The lowest BCUT2D eigenvalue weighted by atomic mass is 9.55. The maximum absolute atomic E-state index is 12.4. The van der Waals surface area contributed by atoms with Gasteiger partial charge in [0.2, 0.25) is 0 Å². The Bertz CT molecular complexity index is 740. The minimum atomic E-state index is -0.278. The zero-order chi connectivity index (χ0) is 18.5. The van der Waals surface area contributed by atoms with Gasteiger partial charge >= 0.3 is 11.9 Å². The summed E-state index contributed by atoms with van der Waals surface area (Å²) in [6, 6.07) is 9.10. The van der Waals surface area contributed by atoms with Crippen molar-refractivity contribution in [3.8, 4) is 0 Å². The Morgan fingerprint density at radius 2 is 2.00 bits per heavy atom. The first kappa shape index (κ1) is 17.3. The summed E-state index contributed by atoms with van der Waals surface area (Å²) >= 11 is 0. The summed E-state index contributed by atoms with van der Waals surface area (Å²) in [5.41, 5.74) is 1.69. The van der Waals surface area contributed by atoms with Gasteiger partial charge in [-0.3, -0.25) is 4.79 Å². The number of rotatable bonds is 2. The van der Waals surface area contributed by atoms with Gasteiger partial charge in [0.1, 0.15) is 12.2 Å². The van der Waals surface area contributed by atoms with Crippen molar-refractivity contribution in [1.29, 1.82) is 0 Å². The molecule has 1 heterocycles. The molecule has 0 aromatic heterocycles. The van der Waals surface area contributed by atoms with E-state index >= 15 is 0 Å². The number of hydrogen-bond acceptors (Lipinski definition) is 4. The molecular formula is C22H26O4. The smallest absolute Gasteiger partial charge is 0.338 e. The molecule has 1 aromatic carbocycles. The third kappa shape index (κ3) is 2.85. The second kappa shape index (κ2) is 6.26. The first-order valence-electron chi connectivity index (χ1n) is 9.51. The standard InChI is InChI=1S/C22H26O4/c1-13-9-16(25-21(24)15-7-5-4-6-8-15)11-22(3)12-19-17(10-18(13)22)14(2)20(23)26-19/h4-8,14,16-19H,1,9-12H2,2-3H3/t14?,16-,17+,18?,19+,22+/m0/s1. The van der Waals surface area contributed by atoms with Gasteiger partial charge in [-0.2, -0.15) is 0 Å². The van der Waals surface area contributed by atoms with Crippen LogP contribution in [0.3, 0.4) is 0 Å². The lowest BCUT2D eigenvalue weighted by Crippen LogP contribution is -2.48. The summed E-state index contributed by atoms with van der Waals surface area (Å²) in [5, 5.41) is 0. The molecule has 1 aromatic rings. The Morgan fingerprint density at radius 3 is 2.73 bits per heavy atom. The van der Waals surface area contributed by atoms with Gasteiger partial charge in [0.05, 0.1) is 11.5 Å². The predicted octanol–water partition coefficient (Wildman–Crippen LogP) is 4.16. The summed E-state index contributed by atoms with van der Waals surface area (Å²) < 4.78 is 11.4. The molecule has 26 heavy (non-hydrogen) atoms. The van der Waals surface area contributed by atoms with Crippen LogP contribution in [-0.2, 0) is 14.3 Å². The van der Waals surface area contributed by atoms with E-state index < -0.39 is 0 Å². The zero-order valence-corrected chi connectivity index (χ0v) is 15.4. The molecule has 3 aliphatic rings. The molecule has 4 nitrogen and oxygen atoms in total. The van der Waals surface area contributed by atoms with Crippen molar-refractivity contribution in [2.24, 2.45) is 23.2 Å². The molecule has 2 saturated carbocycles. The molecule has 4 rings (SSSR count). The number of carbonyl (C=O) groups is 2. The highest BCUT2D eigenvalue weighted by molar-refractivity contribution is 5.89. The summed E-state index contributed by atoms with van der Waals surface area (Å²) in [4.78, 5) is 24.4. The summed E-state index contributed by atoms with van der Waals surface area (Å²) in [5.74, 6) is 0.291. The van der Waals surface area contributed by atoms with Gasteiger partial charge in [0.15, 0.2) is 0 Å². The molecule has 2 unspecified atom stereocenters. The van der Waals surface area contributed by atoms with Gasteiger partial charge in [-0.05, 0) is 42.7 Å². The number of carbonyl (C=O) groups excluding carboxylic acids is 2. The highest BCUT2D eigenvalue weighted by atomic mass is 16.6. The second-order valence-electron chi connectivity index (χ2n) is 8.53. The average molecular weight is 354 g/mol. The van der Waals surface area contributed by atoms with E-state index in [1.54, 1.807) is 12.1 Å². The fraction of sp³-hybridized carbons (Fsp3) is 0.545. The maximum atomic E-state index is 12.4. The molecular weight excluding hydrogens is 328 g/mol. The van der Waals surface area contributed by atoms with Crippen molar-refractivity contribution >= 4 is 11.9 Å². The van der Waals surface area contributed by atoms with Gasteiger partial charge in [0, 0.05) is 12.3 Å². The first-order chi connectivity index (χ1) is 12.4. The van der Waals surface area contributed by atoms with Crippen LogP contribution in [0.2, 0.25) is 0 Å². The number of benzene rings is 1. The normalized spacial score (nSPS) is 38.9. The lowest BCUT2D eigenvalue weighted by Gasteiger charge is -2.51. The number of hydrogen-bond donors (Lipinski definition) is 0. The van der Waals surface area contributed by atoms with Crippen molar-refractivity contribution in [2.45, 2.75) is 51.7 Å². The molecule has 0 spiro atoms. The van der Waals surface area contributed by atoms with Crippen LogP contribution in [0.5, 0.6) is 0 Å². The molecule has 1 saturated heterocycles. The molecule has 0 amide bonds.